The second-order valence-corrected chi connectivity index (χ2v) is 5.55. The second kappa shape index (κ2) is 6.18. The first-order valence-corrected chi connectivity index (χ1v) is 7.54. The van der Waals surface area contributed by atoms with E-state index in [9.17, 15) is 0 Å². The van der Waals surface area contributed by atoms with Gasteiger partial charge in [-0.25, -0.2) is 0 Å². The summed E-state index contributed by atoms with van der Waals surface area (Å²) >= 11 is 0. The minimum absolute atomic E-state index is 0.772. The summed E-state index contributed by atoms with van der Waals surface area (Å²) in [6.07, 6.45) is 7.38. The maximum Gasteiger partial charge on any atom is 0.0883 e. The summed E-state index contributed by atoms with van der Waals surface area (Å²) in [5, 5.41) is 7.77. The van der Waals surface area contributed by atoms with Crippen LogP contribution in [-0.2, 0) is 13.0 Å². The number of pyridine rings is 1. The normalized spacial score (nSPS) is 18.6. The van der Waals surface area contributed by atoms with Crippen LogP contribution in [0, 0.1) is 5.92 Å². The van der Waals surface area contributed by atoms with Gasteiger partial charge in [-0.15, -0.1) is 0 Å². The number of rotatable bonds is 5. The van der Waals surface area contributed by atoms with E-state index in [4.69, 9.17) is 0 Å². The van der Waals surface area contributed by atoms with Gasteiger partial charge in [0.05, 0.1) is 11.4 Å². The lowest BCUT2D eigenvalue weighted by molar-refractivity contribution is 0.579. The molecule has 3 rings (SSSR count). The fourth-order valence-corrected chi connectivity index (χ4v) is 2.86. The Kier molecular flexibility index (Phi) is 4.11. The average Bonchev–Trinajstić information content (AvgIpc) is 3.12. The smallest absolute Gasteiger partial charge is 0.0883 e. The van der Waals surface area contributed by atoms with Gasteiger partial charge in [-0.1, -0.05) is 13.0 Å². The van der Waals surface area contributed by atoms with Crippen LogP contribution in [0.4, 0.5) is 0 Å². The van der Waals surface area contributed by atoms with Crippen LogP contribution < -0.4 is 5.32 Å². The molecule has 0 bridgehead atoms. The second-order valence-electron chi connectivity index (χ2n) is 5.55. The van der Waals surface area contributed by atoms with Gasteiger partial charge in [0.15, 0.2) is 0 Å². The molecule has 0 spiro atoms. The molecule has 0 aromatic carbocycles. The number of aromatic nitrogens is 3. The zero-order chi connectivity index (χ0) is 13.8. The van der Waals surface area contributed by atoms with E-state index < -0.39 is 0 Å². The standard InChI is InChI=1S/C16H22N4/c1-2-9-20-16(6-8-19-20)15-4-3-13(12-18-15)10-14-5-7-17-11-14/h3-4,6,8,12,14,17H,2,5,7,9-11H2,1H3/t14-/m1/s1. The monoisotopic (exact) mass is 270 g/mol. The first-order chi connectivity index (χ1) is 9.86. The lowest BCUT2D eigenvalue weighted by Gasteiger charge is -2.09. The fraction of sp³-hybridized carbons (Fsp3) is 0.500. The SMILES string of the molecule is CCCn1nccc1-c1ccc(C[C@H]2CCNC2)cn1. The molecule has 1 fully saturated rings. The van der Waals surface area contributed by atoms with Crippen LogP contribution in [0.2, 0.25) is 0 Å². The molecular formula is C16H22N4. The molecule has 1 aliphatic heterocycles. The van der Waals surface area contributed by atoms with Gasteiger partial charge in [0.2, 0.25) is 0 Å². The van der Waals surface area contributed by atoms with E-state index in [0.717, 1.165) is 49.8 Å². The molecule has 1 saturated heterocycles. The molecule has 3 heterocycles. The highest BCUT2D eigenvalue weighted by molar-refractivity contribution is 5.54. The van der Waals surface area contributed by atoms with Crippen molar-refractivity contribution in [3.8, 4) is 11.4 Å². The van der Waals surface area contributed by atoms with Crippen molar-refractivity contribution in [2.75, 3.05) is 13.1 Å². The van der Waals surface area contributed by atoms with Crippen LogP contribution in [0.25, 0.3) is 11.4 Å². The Morgan fingerprint density at radius 2 is 2.30 bits per heavy atom. The summed E-state index contributed by atoms with van der Waals surface area (Å²) in [6, 6.07) is 6.38. The van der Waals surface area contributed by atoms with Crippen LogP contribution in [0.5, 0.6) is 0 Å². The topological polar surface area (TPSA) is 42.7 Å². The van der Waals surface area contributed by atoms with E-state index in [0.29, 0.717) is 0 Å². The summed E-state index contributed by atoms with van der Waals surface area (Å²) in [5.41, 5.74) is 3.47. The molecule has 2 aromatic heterocycles. The predicted octanol–water partition coefficient (Wildman–Crippen LogP) is 2.51. The lowest BCUT2D eigenvalue weighted by atomic mass is 10.00. The molecule has 1 atom stereocenters. The number of hydrogen-bond acceptors (Lipinski definition) is 3. The van der Waals surface area contributed by atoms with Gasteiger partial charge in [-0.3, -0.25) is 9.67 Å². The maximum atomic E-state index is 4.62. The number of aryl methyl sites for hydroxylation is 1. The van der Waals surface area contributed by atoms with E-state index in [1.54, 1.807) is 0 Å². The zero-order valence-corrected chi connectivity index (χ0v) is 12.0. The Balaban J connectivity index is 1.73. The van der Waals surface area contributed by atoms with Crippen molar-refractivity contribution in [1.82, 2.24) is 20.1 Å². The van der Waals surface area contributed by atoms with Crippen molar-refractivity contribution in [1.29, 1.82) is 0 Å². The highest BCUT2D eigenvalue weighted by Crippen LogP contribution is 2.19. The molecule has 2 aromatic rings. The molecule has 0 unspecified atom stereocenters. The van der Waals surface area contributed by atoms with Gasteiger partial charge in [-0.2, -0.15) is 5.10 Å². The Bertz CT molecular complexity index is 538. The van der Waals surface area contributed by atoms with Crippen molar-refractivity contribution in [2.45, 2.75) is 32.7 Å². The zero-order valence-electron chi connectivity index (χ0n) is 12.0. The Morgan fingerprint density at radius 3 is 3.00 bits per heavy atom. The van der Waals surface area contributed by atoms with Crippen molar-refractivity contribution in [3.63, 3.8) is 0 Å². The van der Waals surface area contributed by atoms with Gasteiger partial charge in [0, 0.05) is 18.9 Å². The summed E-state index contributed by atoms with van der Waals surface area (Å²) in [7, 11) is 0. The van der Waals surface area contributed by atoms with Crippen LogP contribution in [0.15, 0.2) is 30.6 Å². The third-order valence-corrected chi connectivity index (χ3v) is 3.93. The first kappa shape index (κ1) is 13.3. The number of hydrogen-bond donors (Lipinski definition) is 1. The largest absolute Gasteiger partial charge is 0.316 e. The highest BCUT2D eigenvalue weighted by atomic mass is 15.3. The third kappa shape index (κ3) is 2.90. The van der Waals surface area contributed by atoms with Crippen molar-refractivity contribution in [3.05, 3.63) is 36.2 Å². The fourth-order valence-electron chi connectivity index (χ4n) is 2.86. The first-order valence-electron chi connectivity index (χ1n) is 7.54. The van der Waals surface area contributed by atoms with Crippen molar-refractivity contribution < 1.29 is 0 Å². The van der Waals surface area contributed by atoms with Crippen molar-refractivity contribution >= 4 is 0 Å². The Hall–Kier alpha value is -1.68. The van der Waals surface area contributed by atoms with Gasteiger partial charge in [-0.05, 0) is 56.0 Å². The Morgan fingerprint density at radius 1 is 1.35 bits per heavy atom. The molecule has 0 saturated carbocycles. The average molecular weight is 270 g/mol. The summed E-state index contributed by atoms with van der Waals surface area (Å²) in [6.45, 7) is 5.41. The summed E-state index contributed by atoms with van der Waals surface area (Å²) in [4.78, 5) is 4.62. The minimum Gasteiger partial charge on any atom is -0.316 e. The van der Waals surface area contributed by atoms with E-state index in [2.05, 4.69) is 34.5 Å². The molecule has 4 nitrogen and oxygen atoms in total. The van der Waals surface area contributed by atoms with E-state index in [-0.39, 0.29) is 0 Å². The van der Waals surface area contributed by atoms with Gasteiger partial charge in [0.1, 0.15) is 0 Å². The van der Waals surface area contributed by atoms with E-state index in [1.165, 1.54) is 12.0 Å². The lowest BCUT2D eigenvalue weighted by Crippen LogP contribution is -2.10. The molecule has 20 heavy (non-hydrogen) atoms. The number of nitrogens with one attached hydrogen (secondary N) is 1. The number of nitrogens with zero attached hydrogens (tertiary/aromatic N) is 3. The molecule has 1 aliphatic rings. The maximum absolute atomic E-state index is 4.62. The molecule has 0 aliphatic carbocycles. The molecule has 0 radical (unpaired) electrons. The summed E-state index contributed by atoms with van der Waals surface area (Å²) < 4.78 is 2.03. The molecule has 1 N–H and O–H groups in total. The van der Waals surface area contributed by atoms with Crippen molar-refractivity contribution in [2.24, 2.45) is 5.92 Å². The molecular weight excluding hydrogens is 248 g/mol. The molecule has 4 heteroatoms. The molecule has 106 valence electrons. The van der Waals surface area contributed by atoms with Crippen LogP contribution in [0.3, 0.4) is 0 Å². The van der Waals surface area contributed by atoms with E-state index >= 15 is 0 Å². The minimum atomic E-state index is 0.772. The quantitative estimate of drug-likeness (QED) is 0.907. The van der Waals surface area contributed by atoms with Crippen LogP contribution in [-0.4, -0.2) is 27.9 Å². The van der Waals surface area contributed by atoms with Crippen LogP contribution >= 0.6 is 0 Å². The highest BCUT2D eigenvalue weighted by Gasteiger charge is 2.15. The van der Waals surface area contributed by atoms with Gasteiger partial charge < -0.3 is 5.32 Å². The van der Waals surface area contributed by atoms with Crippen LogP contribution in [0.1, 0.15) is 25.3 Å². The summed E-state index contributed by atoms with van der Waals surface area (Å²) in [5.74, 6) is 0.772. The van der Waals surface area contributed by atoms with Gasteiger partial charge in [0.25, 0.3) is 0 Å². The predicted molar refractivity (Wildman–Crippen MR) is 80.4 cm³/mol. The van der Waals surface area contributed by atoms with Gasteiger partial charge >= 0.3 is 0 Å². The third-order valence-electron chi connectivity index (χ3n) is 3.93. The Labute approximate surface area is 120 Å². The molecule has 0 amide bonds. The van der Waals surface area contributed by atoms with E-state index in [1.807, 2.05) is 23.1 Å².